The number of hydrogen-bond donors (Lipinski definition) is 0. The van der Waals surface area contributed by atoms with Gasteiger partial charge < -0.3 is 4.90 Å². The van der Waals surface area contributed by atoms with Crippen LogP contribution >= 0.6 is 11.6 Å². The van der Waals surface area contributed by atoms with E-state index in [1.54, 1.807) is 46.8 Å². The third-order valence-corrected chi connectivity index (χ3v) is 5.68. The van der Waals surface area contributed by atoms with Gasteiger partial charge in [-0.3, -0.25) is 14.2 Å². The Hall–Kier alpha value is -3.44. The summed E-state index contributed by atoms with van der Waals surface area (Å²) in [7, 11) is 1.71. The first-order valence-corrected chi connectivity index (χ1v) is 10.4. The Bertz CT molecular complexity index is 1330. The standard InChI is InChI=1S/C25H22ClN3O2/c1-16-7-6-8-20(15-16)29-23(27-22-10-5-4-9-21(22)25(29)31)17(2)28(3)24(30)18-11-13-19(26)14-12-18/h4-15,17H,1-3H3. The summed E-state index contributed by atoms with van der Waals surface area (Å²) in [4.78, 5) is 32.9. The van der Waals surface area contributed by atoms with Crippen LogP contribution in [0.2, 0.25) is 5.02 Å². The van der Waals surface area contributed by atoms with E-state index in [0.717, 1.165) is 11.3 Å². The van der Waals surface area contributed by atoms with Gasteiger partial charge in [-0.2, -0.15) is 0 Å². The number of nitrogens with zero attached hydrogens (tertiary/aromatic N) is 3. The Balaban J connectivity index is 1.87. The van der Waals surface area contributed by atoms with Crippen molar-refractivity contribution in [1.82, 2.24) is 14.5 Å². The summed E-state index contributed by atoms with van der Waals surface area (Å²) in [6, 6.07) is 21.2. The molecule has 0 aliphatic rings. The Morgan fingerprint density at radius 3 is 2.45 bits per heavy atom. The molecule has 4 rings (SSSR count). The maximum Gasteiger partial charge on any atom is 0.266 e. The highest BCUT2D eigenvalue weighted by Crippen LogP contribution is 2.24. The third-order valence-electron chi connectivity index (χ3n) is 5.43. The molecule has 4 aromatic rings. The van der Waals surface area contributed by atoms with E-state index in [2.05, 4.69) is 0 Å². The molecular formula is C25H22ClN3O2. The normalized spacial score (nSPS) is 12.0. The van der Waals surface area contributed by atoms with E-state index in [1.807, 2.05) is 56.3 Å². The molecule has 1 unspecified atom stereocenters. The minimum atomic E-state index is -0.457. The van der Waals surface area contributed by atoms with Crippen LogP contribution in [0.25, 0.3) is 16.6 Å². The average Bonchev–Trinajstić information content (AvgIpc) is 2.78. The van der Waals surface area contributed by atoms with Crippen LogP contribution in [0, 0.1) is 6.92 Å². The first-order valence-electron chi connectivity index (χ1n) is 9.98. The van der Waals surface area contributed by atoms with Gasteiger partial charge in [-0.25, -0.2) is 4.98 Å². The van der Waals surface area contributed by atoms with Crippen molar-refractivity contribution in [2.45, 2.75) is 19.9 Å². The molecule has 0 bridgehead atoms. The first kappa shape index (κ1) is 20.8. The molecule has 0 aliphatic heterocycles. The molecule has 6 heteroatoms. The zero-order chi connectivity index (χ0) is 22.1. The summed E-state index contributed by atoms with van der Waals surface area (Å²) in [5.41, 5.74) is 2.71. The van der Waals surface area contributed by atoms with Crippen molar-refractivity contribution in [1.29, 1.82) is 0 Å². The summed E-state index contributed by atoms with van der Waals surface area (Å²) in [6.07, 6.45) is 0. The van der Waals surface area contributed by atoms with Crippen LogP contribution in [-0.4, -0.2) is 27.4 Å². The number of halogens is 1. The molecule has 1 amide bonds. The summed E-state index contributed by atoms with van der Waals surface area (Å²) in [5.74, 6) is 0.321. The van der Waals surface area contributed by atoms with E-state index in [4.69, 9.17) is 16.6 Å². The molecule has 5 nitrogen and oxygen atoms in total. The molecule has 0 saturated carbocycles. The fourth-order valence-electron chi connectivity index (χ4n) is 3.59. The van der Waals surface area contributed by atoms with E-state index >= 15 is 0 Å². The minimum Gasteiger partial charge on any atom is -0.332 e. The Kier molecular flexibility index (Phi) is 5.61. The molecule has 1 atom stereocenters. The monoisotopic (exact) mass is 431 g/mol. The number of carbonyl (C=O) groups excluding carboxylic acids is 1. The molecule has 0 radical (unpaired) electrons. The van der Waals surface area contributed by atoms with Crippen LogP contribution in [0.3, 0.4) is 0 Å². The van der Waals surface area contributed by atoms with E-state index in [0.29, 0.717) is 27.3 Å². The maximum atomic E-state index is 13.5. The number of hydrogen-bond acceptors (Lipinski definition) is 3. The van der Waals surface area contributed by atoms with Gasteiger partial charge in [0.25, 0.3) is 11.5 Å². The molecule has 1 heterocycles. The largest absolute Gasteiger partial charge is 0.332 e. The van der Waals surface area contributed by atoms with Gasteiger partial charge in [-0.1, -0.05) is 35.9 Å². The smallest absolute Gasteiger partial charge is 0.266 e. The highest BCUT2D eigenvalue weighted by Gasteiger charge is 2.25. The van der Waals surface area contributed by atoms with Crippen molar-refractivity contribution < 1.29 is 4.79 Å². The number of benzene rings is 3. The predicted octanol–water partition coefficient (Wildman–Crippen LogP) is 5.18. The van der Waals surface area contributed by atoms with Gasteiger partial charge in [0, 0.05) is 17.6 Å². The number of fused-ring (bicyclic) bond motifs is 1. The van der Waals surface area contributed by atoms with Crippen LogP contribution < -0.4 is 5.56 Å². The fraction of sp³-hybridized carbons (Fsp3) is 0.160. The molecule has 1 aromatic heterocycles. The van der Waals surface area contributed by atoms with E-state index in [-0.39, 0.29) is 11.5 Å². The molecule has 0 saturated heterocycles. The van der Waals surface area contributed by atoms with Gasteiger partial charge in [-0.15, -0.1) is 0 Å². The van der Waals surface area contributed by atoms with Crippen molar-refractivity contribution in [2.75, 3.05) is 7.05 Å². The number of aryl methyl sites for hydroxylation is 1. The van der Waals surface area contributed by atoms with Crippen LogP contribution in [0.4, 0.5) is 0 Å². The lowest BCUT2D eigenvalue weighted by Crippen LogP contribution is -2.34. The van der Waals surface area contributed by atoms with Crippen molar-refractivity contribution in [3.05, 3.63) is 105 Å². The summed E-state index contributed by atoms with van der Waals surface area (Å²) < 4.78 is 1.60. The lowest BCUT2D eigenvalue weighted by molar-refractivity contribution is 0.0735. The summed E-state index contributed by atoms with van der Waals surface area (Å²) in [6.45, 7) is 3.85. The average molecular weight is 432 g/mol. The molecular weight excluding hydrogens is 410 g/mol. The number of rotatable bonds is 4. The van der Waals surface area contributed by atoms with Crippen molar-refractivity contribution in [2.24, 2.45) is 0 Å². The Morgan fingerprint density at radius 1 is 1.03 bits per heavy atom. The summed E-state index contributed by atoms with van der Waals surface area (Å²) >= 11 is 5.96. The molecule has 0 fully saturated rings. The zero-order valence-corrected chi connectivity index (χ0v) is 18.3. The van der Waals surface area contributed by atoms with Gasteiger partial charge in [0.2, 0.25) is 0 Å². The van der Waals surface area contributed by atoms with E-state index in [1.165, 1.54) is 0 Å². The van der Waals surface area contributed by atoms with Gasteiger partial charge in [0.05, 0.1) is 22.6 Å². The minimum absolute atomic E-state index is 0.162. The number of carbonyl (C=O) groups is 1. The molecule has 0 N–H and O–H groups in total. The highest BCUT2D eigenvalue weighted by molar-refractivity contribution is 6.30. The van der Waals surface area contributed by atoms with Crippen LogP contribution in [0.1, 0.15) is 34.7 Å². The molecule has 31 heavy (non-hydrogen) atoms. The SMILES string of the molecule is Cc1cccc(-n2c(C(C)N(C)C(=O)c3ccc(Cl)cc3)nc3ccccc3c2=O)c1. The zero-order valence-electron chi connectivity index (χ0n) is 17.5. The van der Waals surface area contributed by atoms with Gasteiger partial charge >= 0.3 is 0 Å². The topological polar surface area (TPSA) is 55.2 Å². The Labute approximate surface area is 185 Å². The van der Waals surface area contributed by atoms with Crippen LogP contribution in [0.5, 0.6) is 0 Å². The van der Waals surface area contributed by atoms with Crippen molar-refractivity contribution >= 4 is 28.4 Å². The lowest BCUT2D eigenvalue weighted by atomic mass is 10.1. The Morgan fingerprint density at radius 2 is 1.74 bits per heavy atom. The number of para-hydroxylation sites is 1. The van der Waals surface area contributed by atoms with Crippen LogP contribution in [0.15, 0.2) is 77.6 Å². The predicted molar refractivity (Wildman–Crippen MR) is 124 cm³/mol. The third kappa shape index (κ3) is 3.97. The second-order valence-corrected chi connectivity index (χ2v) is 8.00. The van der Waals surface area contributed by atoms with Gasteiger partial charge in [0.15, 0.2) is 0 Å². The molecule has 156 valence electrons. The molecule has 3 aromatic carbocycles. The first-order chi connectivity index (χ1) is 14.9. The lowest BCUT2D eigenvalue weighted by Gasteiger charge is -2.27. The van der Waals surface area contributed by atoms with Gasteiger partial charge in [-0.05, 0) is 67.9 Å². The second kappa shape index (κ2) is 8.36. The molecule has 0 spiro atoms. The van der Waals surface area contributed by atoms with Gasteiger partial charge in [0.1, 0.15) is 5.82 Å². The fourth-order valence-corrected chi connectivity index (χ4v) is 3.72. The number of aromatic nitrogens is 2. The number of amides is 1. The summed E-state index contributed by atoms with van der Waals surface area (Å²) in [5, 5.41) is 1.10. The molecule has 0 aliphatic carbocycles. The quantitative estimate of drug-likeness (QED) is 0.447. The van der Waals surface area contributed by atoms with Crippen molar-refractivity contribution in [3.8, 4) is 5.69 Å². The van der Waals surface area contributed by atoms with E-state index < -0.39 is 6.04 Å². The van der Waals surface area contributed by atoms with Crippen LogP contribution in [-0.2, 0) is 0 Å². The van der Waals surface area contributed by atoms with Crippen molar-refractivity contribution in [3.63, 3.8) is 0 Å². The second-order valence-electron chi connectivity index (χ2n) is 7.57. The maximum absolute atomic E-state index is 13.5. The van der Waals surface area contributed by atoms with E-state index in [9.17, 15) is 9.59 Å². The highest BCUT2D eigenvalue weighted by atomic mass is 35.5.